The third-order valence-electron chi connectivity index (χ3n) is 4.27. The number of amides is 1. The second-order valence-electron chi connectivity index (χ2n) is 6.09. The van der Waals surface area contributed by atoms with Crippen molar-refractivity contribution in [3.8, 4) is 6.07 Å². The summed E-state index contributed by atoms with van der Waals surface area (Å²) in [5, 5.41) is 13.2. The highest BCUT2D eigenvalue weighted by molar-refractivity contribution is 7.16. The summed E-state index contributed by atoms with van der Waals surface area (Å²) in [4.78, 5) is 13.6. The maximum Gasteiger partial charge on any atom is 0.229 e. The zero-order valence-corrected chi connectivity index (χ0v) is 14.1. The highest BCUT2D eigenvalue weighted by Crippen LogP contribution is 2.37. The molecule has 0 saturated heterocycles. The predicted octanol–water partition coefficient (Wildman–Crippen LogP) is 4.38. The largest absolute Gasteiger partial charge is 0.316 e. The number of thiophene rings is 1. The average molecular weight is 324 g/mol. The van der Waals surface area contributed by atoms with E-state index in [1.54, 1.807) is 11.3 Å². The fraction of sp³-hybridized carbons (Fsp3) is 0.368. The van der Waals surface area contributed by atoms with Crippen molar-refractivity contribution >= 4 is 22.2 Å². The summed E-state index contributed by atoms with van der Waals surface area (Å²) < 4.78 is 0. The summed E-state index contributed by atoms with van der Waals surface area (Å²) in [6, 6.07) is 10.3. The van der Waals surface area contributed by atoms with Gasteiger partial charge in [-0.2, -0.15) is 5.26 Å². The molecule has 1 amide bonds. The van der Waals surface area contributed by atoms with Gasteiger partial charge in [-0.25, -0.2) is 0 Å². The van der Waals surface area contributed by atoms with Crippen molar-refractivity contribution in [3.63, 3.8) is 0 Å². The van der Waals surface area contributed by atoms with E-state index >= 15 is 0 Å². The minimum absolute atomic E-state index is 0.0539. The Morgan fingerprint density at radius 1 is 1.22 bits per heavy atom. The first kappa shape index (κ1) is 15.8. The first-order chi connectivity index (χ1) is 11.2. The van der Waals surface area contributed by atoms with Gasteiger partial charge >= 0.3 is 0 Å². The number of nitrogens with zero attached hydrogens (tertiary/aromatic N) is 1. The number of hydrogen-bond donors (Lipinski definition) is 1. The molecule has 23 heavy (non-hydrogen) atoms. The van der Waals surface area contributed by atoms with Gasteiger partial charge in [-0.15, -0.1) is 11.3 Å². The molecular weight excluding hydrogens is 304 g/mol. The number of fused-ring (bicyclic) bond motifs is 1. The Labute approximate surface area is 141 Å². The summed E-state index contributed by atoms with van der Waals surface area (Å²) in [7, 11) is 0. The first-order valence-corrected chi connectivity index (χ1v) is 8.89. The fourth-order valence-electron chi connectivity index (χ4n) is 3.01. The monoisotopic (exact) mass is 324 g/mol. The van der Waals surface area contributed by atoms with Crippen LogP contribution < -0.4 is 5.32 Å². The van der Waals surface area contributed by atoms with Gasteiger partial charge in [0.1, 0.15) is 11.1 Å². The van der Waals surface area contributed by atoms with E-state index in [2.05, 4.69) is 11.4 Å². The van der Waals surface area contributed by atoms with Gasteiger partial charge in [0.15, 0.2) is 0 Å². The zero-order valence-electron chi connectivity index (χ0n) is 13.3. The lowest BCUT2D eigenvalue weighted by molar-refractivity contribution is -0.115. The second kappa shape index (κ2) is 6.97. The Morgan fingerprint density at radius 2 is 1.96 bits per heavy atom. The number of carbonyl (C=O) groups is 1. The van der Waals surface area contributed by atoms with Gasteiger partial charge in [-0.05, 0) is 43.7 Å². The van der Waals surface area contributed by atoms with Crippen LogP contribution in [0.3, 0.4) is 0 Å². The maximum absolute atomic E-state index is 12.3. The number of nitriles is 1. The highest BCUT2D eigenvalue weighted by Gasteiger charge is 2.20. The SMILES string of the molecule is Cc1ccc(CC(=O)Nc2sc3c(c2C#N)CCCCC3)cc1. The van der Waals surface area contributed by atoms with Crippen molar-refractivity contribution in [2.24, 2.45) is 0 Å². The van der Waals surface area contributed by atoms with Crippen molar-refractivity contribution in [1.82, 2.24) is 0 Å². The summed E-state index contributed by atoms with van der Waals surface area (Å²) in [5.74, 6) is -0.0539. The number of nitrogens with one attached hydrogen (secondary N) is 1. The van der Waals surface area contributed by atoms with Gasteiger partial charge in [0, 0.05) is 4.88 Å². The molecule has 0 bridgehead atoms. The van der Waals surface area contributed by atoms with Crippen molar-refractivity contribution in [2.75, 3.05) is 5.32 Å². The Bertz CT molecular complexity index is 753. The van der Waals surface area contributed by atoms with Crippen molar-refractivity contribution in [2.45, 2.75) is 45.4 Å². The molecular formula is C19H20N2OS. The number of anilines is 1. The Hall–Kier alpha value is -2.12. The van der Waals surface area contributed by atoms with Gasteiger partial charge < -0.3 is 5.32 Å². The van der Waals surface area contributed by atoms with Crippen LogP contribution in [0.1, 0.15) is 46.4 Å². The molecule has 0 spiro atoms. The van der Waals surface area contributed by atoms with E-state index in [1.165, 1.54) is 28.8 Å². The topological polar surface area (TPSA) is 52.9 Å². The molecule has 2 aromatic rings. The Morgan fingerprint density at radius 3 is 2.70 bits per heavy atom. The van der Waals surface area contributed by atoms with E-state index in [0.717, 1.165) is 29.8 Å². The van der Waals surface area contributed by atoms with E-state index in [-0.39, 0.29) is 5.91 Å². The van der Waals surface area contributed by atoms with Crippen LogP contribution in [0.25, 0.3) is 0 Å². The number of rotatable bonds is 3. The Balaban J connectivity index is 1.76. The molecule has 1 heterocycles. The molecule has 0 aliphatic heterocycles. The first-order valence-electron chi connectivity index (χ1n) is 8.07. The summed E-state index contributed by atoms with van der Waals surface area (Å²) >= 11 is 1.59. The molecule has 118 valence electrons. The fourth-order valence-corrected chi connectivity index (χ4v) is 4.27. The molecule has 0 fully saturated rings. The van der Waals surface area contributed by atoms with Gasteiger partial charge in [0.2, 0.25) is 5.91 Å². The molecule has 4 heteroatoms. The van der Waals surface area contributed by atoms with Gasteiger partial charge in [0.05, 0.1) is 12.0 Å². The molecule has 0 atom stereocenters. The molecule has 0 radical (unpaired) electrons. The number of benzene rings is 1. The third kappa shape index (κ3) is 3.62. The lowest BCUT2D eigenvalue weighted by atomic mass is 10.1. The summed E-state index contributed by atoms with van der Waals surface area (Å²) in [6.45, 7) is 2.03. The van der Waals surface area contributed by atoms with Gasteiger partial charge in [-0.1, -0.05) is 36.2 Å². The molecule has 3 nitrogen and oxygen atoms in total. The number of hydrogen-bond acceptors (Lipinski definition) is 3. The summed E-state index contributed by atoms with van der Waals surface area (Å²) in [5.41, 5.74) is 4.03. The average Bonchev–Trinajstić information content (AvgIpc) is 2.69. The molecule has 0 saturated carbocycles. The van der Waals surface area contributed by atoms with Crippen LogP contribution in [0, 0.1) is 18.3 Å². The lowest BCUT2D eigenvalue weighted by Gasteiger charge is -2.05. The molecule has 1 aliphatic rings. The summed E-state index contributed by atoms with van der Waals surface area (Å²) in [6.07, 6.45) is 5.87. The van der Waals surface area contributed by atoms with Crippen LogP contribution in [0.15, 0.2) is 24.3 Å². The molecule has 1 N–H and O–H groups in total. The Kier molecular flexibility index (Phi) is 4.78. The number of carbonyl (C=O) groups excluding carboxylic acids is 1. The van der Waals surface area contributed by atoms with Crippen molar-refractivity contribution in [1.29, 1.82) is 5.26 Å². The van der Waals surface area contributed by atoms with E-state index in [0.29, 0.717) is 12.0 Å². The van der Waals surface area contributed by atoms with Crippen molar-refractivity contribution < 1.29 is 4.79 Å². The molecule has 3 rings (SSSR count). The standard InChI is InChI=1S/C19H20N2OS/c1-13-7-9-14(10-8-13)11-18(22)21-19-16(12-20)15-5-3-2-4-6-17(15)23-19/h7-10H,2-6,11H2,1H3,(H,21,22). The van der Waals surface area contributed by atoms with E-state index in [4.69, 9.17) is 0 Å². The maximum atomic E-state index is 12.3. The van der Waals surface area contributed by atoms with Crippen molar-refractivity contribution in [3.05, 3.63) is 51.4 Å². The van der Waals surface area contributed by atoms with Crippen LogP contribution in [-0.2, 0) is 24.1 Å². The molecule has 1 aromatic carbocycles. The quantitative estimate of drug-likeness (QED) is 0.852. The predicted molar refractivity (Wildman–Crippen MR) is 93.8 cm³/mol. The van der Waals surface area contributed by atoms with Crippen LogP contribution in [0.4, 0.5) is 5.00 Å². The number of aryl methyl sites for hydroxylation is 2. The lowest BCUT2D eigenvalue weighted by Crippen LogP contribution is -2.14. The van der Waals surface area contributed by atoms with Crippen LogP contribution in [0.2, 0.25) is 0 Å². The van der Waals surface area contributed by atoms with E-state index in [1.807, 2.05) is 31.2 Å². The third-order valence-corrected chi connectivity index (χ3v) is 5.48. The normalized spacial score (nSPS) is 13.7. The van der Waals surface area contributed by atoms with E-state index in [9.17, 15) is 10.1 Å². The van der Waals surface area contributed by atoms with Crippen LogP contribution in [-0.4, -0.2) is 5.91 Å². The zero-order chi connectivity index (χ0) is 16.2. The smallest absolute Gasteiger partial charge is 0.229 e. The van der Waals surface area contributed by atoms with Crippen LogP contribution >= 0.6 is 11.3 Å². The molecule has 1 aromatic heterocycles. The highest BCUT2D eigenvalue weighted by atomic mass is 32.1. The van der Waals surface area contributed by atoms with Gasteiger partial charge in [-0.3, -0.25) is 4.79 Å². The van der Waals surface area contributed by atoms with Gasteiger partial charge in [0.25, 0.3) is 0 Å². The van der Waals surface area contributed by atoms with Crippen LogP contribution in [0.5, 0.6) is 0 Å². The minimum atomic E-state index is -0.0539. The molecule has 0 unspecified atom stereocenters. The second-order valence-corrected chi connectivity index (χ2v) is 7.20. The molecule has 1 aliphatic carbocycles. The van der Waals surface area contributed by atoms with E-state index < -0.39 is 0 Å². The minimum Gasteiger partial charge on any atom is -0.316 e.